The quantitative estimate of drug-likeness (QED) is 0.480. The van der Waals surface area contributed by atoms with Gasteiger partial charge in [-0.25, -0.2) is 4.98 Å². The second kappa shape index (κ2) is 7.63. The van der Waals surface area contributed by atoms with Crippen LogP contribution in [0.4, 0.5) is 0 Å². The molecular weight excluding hydrogens is 358 g/mol. The standard InChI is InChI=1S/C21H13N3O4/c25-12-27-15-6-8-22-19(9-15)20-11-16(28-13-26)10-18(24-20)17-5-1-3-14-4-2-7-23-21(14)17/h1-13H. The number of pyridine rings is 3. The van der Waals surface area contributed by atoms with E-state index in [0.717, 1.165) is 16.5 Å². The lowest BCUT2D eigenvalue weighted by atomic mass is 10.1. The van der Waals surface area contributed by atoms with Crippen molar-refractivity contribution in [3.05, 3.63) is 67.0 Å². The zero-order valence-corrected chi connectivity index (χ0v) is 14.5. The second-order valence-corrected chi connectivity index (χ2v) is 5.76. The van der Waals surface area contributed by atoms with E-state index in [-0.39, 0.29) is 0 Å². The minimum Gasteiger partial charge on any atom is -0.429 e. The number of nitrogens with zero attached hydrogens (tertiary/aromatic N) is 3. The topological polar surface area (TPSA) is 91.3 Å². The lowest BCUT2D eigenvalue weighted by Gasteiger charge is -2.10. The zero-order chi connectivity index (χ0) is 19.3. The lowest BCUT2D eigenvalue weighted by Crippen LogP contribution is -1.97. The van der Waals surface area contributed by atoms with Crippen LogP contribution in [0, 0.1) is 0 Å². The van der Waals surface area contributed by atoms with E-state index in [4.69, 9.17) is 9.47 Å². The summed E-state index contributed by atoms with van der Waals surface area (Å²) in [6, 6.07) is 16.0. The van der Waals surface area contributed by atoms with Crippen molar-refractivity contribution in [2.75, 3.05) is 0 Å². The molecule has 0 saturated heterocycles. The van der Waals surface area contributed by atoms with E-state index in [2.05, 4.69) is 15.0 Å². The molecule has 7 heteroatoms. The molecule has 0 aliphatic carbocycles. The molecule has 0 aliphatic rings. The van der Waals surface area contributed by atoms with Crippen LogP contribution in [0.3, 0.4) is 0 Å². The van der Waals surface area contributed by atoms with Crippen LogP contribution in [0.25, 0.3) is 33.5 Å². The first-order valence-corrected chi connectivity index (χ1v) is 8.32. The van der Waals surface area contributed by atoms with Gasteiger partial charge in [0, 0.05) is 41.5 Å². The summed E-state index contributed by atoms with van der Waals surface area (Å²) in [7, 11) is 0. The lowest BCUT2D eigenvalue weighted by molar-refractivity contribution is -0.121. The average Bonchev–Trinajstić information content (AvgIpc) is 2.74. The Morgan fingerprint density at radius 2 is 1.46 bits per heavy atom. The van der Waals surface area contributed by atoms with Crippen molar-refractivity contribution in [1.29, 1.82) is 0 Å². The van der Waals surface area contributed by atoms with Crippen molar-refractivity contribution >= 4 is 23.8 Å². The van der Waals surface area contributed by atoms with Gasteiger partial charge in [-0.2, -0.15) is 0 Å². The largest absolute Gasteiger partial charge is 0.429 e. The fourth-order valence-electron chi connectivity index (χ4n) is 2.89. The van der Waals surface area contributed by atoms with Gasteiger partial charge in [-0.15, -0.1) is 0 Å². The number of carbonyl (C=O) groups is 2. The summed E-state index contributed by atoms with van der Waals surface area (Å²) in [4.78, 5) is 34.9. The molecule has 7 nitrogen and oxygen atoms in total. The molecule has 136 valence electrons. The smallest absolute Gasteiger partial charge is 0.298 e. The van der Waals surface area contributed by atoms with Crippen molar-refractivity contribution in [2.45, 2.75) is 0 Å². The van der Waals surface area contributed by atoms with Crippen LogP contribution >= 0.6 is 0 Å². The van der Waals surface area contributed by atoms with Gasteiger partial charge < -0.3 is 9.47 Å². The van der Waals surface area contributed by atoms with Crippen molar-refractivity contribution in [3.8, 4) is 34.1 Å². The Bertz CT molecular complexity index is 1170. The Morgan fingerprint density at radius 3 is 2.32 bits per heavy atom. The number of hydrogen-bond donors (Lipinski definition) is 0. The third-order valence-electron chi connectivity index (χ3n) is 4.07. The van der Waals surface area contributed by atoms with Crippen LogP contribution in [-0.4, -0.2) is 27.9 Å². The Hall–Kier alpha value is -4.13. The molecule has 0 atom stereocenters. The van der Waals surface area contributed by atoms with E-state index in [0.29, 0.717) is 41.5 Å². The van der Waals surface area contributed by atoms with Gasteiger partial charge in [-0.05, 0) is 12.1 Å². The van der Waals surface area contributed by atoms with E-state index >= 15 is 0 Å². The zero-order valence-electron chi connectivity index (χ0n) is 14.5. The van der Waals surface area contributed by atoms with Gasteiger partial charge in [0.15, 0.2) is 0 Å². The van der Waals surface area contributed by atoms with Crippen LogP contribution < -0.4 is 9.47 Å². The minimum absolute atomic E-state index is 0.312. The first-order valence-electron chi connectivity index (χ1n) is 8.32. The average molecular weight is 371 g/mol. The third-order valence-corrected chi connectivity index (χ3v) is 4.07. The molecule has 1 aromatic carbocycles. The number of carbonyl (C=O) groups excluding carboxylic acids is 2. The van der Waals surface area contributed by atoms with Gasteiger partial charge in [0.05, 0.1) is 22.6 Å². The molecular formula is C21H13N3O4. The number of ether oxygens (including phenoxy) is 2. The number of fused-ring (bicyclic) bond motifs is 1. The van der Waals surface area contributed by atoms with E-state index in [9.17, 15) is 9.59 Å². The Morgan fingerprint density at radius 1 is 0.714 bits per heavy atom. The second-order valence-electron chi connectivity index (χ2n) is 5.76. The Kier molecular flexibility index (Phi) is 4.71. The number of hydrogen-bond acceptors (Lipinski definition) is 7. The molecule has 3 heterocycles. The molecule has 0 aliphatic heterocycles. The van der Waals surface area contributed by atoms with Crippen LogP contribution in [0.15, 0.2) is 67.0 Å². The molecule has 0 saturated carbocycles. The van der Waals surface area contributed by atoms with E-state index in [1.54, 1.807) is 30.5 Å². The molecule has 0 spiro atoms. The van der Waals surface area contributed by atoms with Crippen LogP contribution in [0.2, 0.25) is 0 Å². The van der Waals surface area contributed by atoms with Crippen molar-refractivity contribution in [2.24, 2.45) is 0 Å². The Balaban J connectivity index is 1.90. The van der Waals surface area contributed by atoms with Crippen molar-refractivity contribution in [3.63, 3.8) is 0 Å². The van der Waals surface area contributed by atoms with Gasteiger partial charge in [0.2, 0.25) is 0 Å². The molecule has 4 rings (SSSR count). The van der Waals surface area contributed by atoms with Gasteiger partial charge in [-0.3, -0.25) is 19.6 Å². The molecule has 4 aromatic rings. The first-order chi connectivity index (χ1) is 13.8. The monoisotopic (exact) mass is 371 g/mol. The highest BCUT2D eigenvalue weighted by molar-refractivity contribution is 5.93. The summed E-state index contributed by atoms with van der Waals surface area (Å²) in [6.45, 7) is 0.690. The minimum atomic E-state index is 0.312. The predicted molar refractivity (Wildman–Crippen MR) is 102 cm³/mol. The van der Waals surface area contributed by atoms with Gasteiger partial charge in [-0.1, -0.05) is 24.3 Å². The number of aromatic nitrogens is 3. The number of rotatable bonds is 6. The Labute approximate surface area is 159 Å². The highest BCUT2D eigenvalue weighted by atomic mass is 16.5. The molecule has 0 fully saturated rings. The molecule has 0 bridgehead atoms. The third kappa shape index (κ3) is 3.41. The van der Waals surface area contributed by atoms with Gasteiger partial charge in [0.25, 0.3) is 12.9 Å². The fourth-order valence-corrected chi connectivity index (χ4v) is 2.89. The summed E-state index contributed by atoms with van der Waals surface area (Å²) in [6.07, 6.45) is 3.21. The molecule has 28 heavy (non-hydrogen) atoms. The summed E-state index contributed by atoms with van der Waals surface area (Å²) < 4.78 is 9.94. The molecule has 0 amide bonds. The highest BCUT2D eigenvalue weighted by Crippen LogP contribution is 2.31. The van der Waals surface area contributed by atoms with Crippen molar-refractivity contribution < 1.29 is 19.1 Å². The predicted octanol–water partition coefficient (Wildman–Crippen LogP) is 3.43. The van der Waals surface area contributed by atoms with E-state index in [1.165, 1.54) is 6.20 Å². The maximum atomic E-state index is 10.9. The number of benzene rings is 1. The normalized spacial score (nSPS) is 10.4. The summed E-state index contributed by atoms with van der Waals surface area (Å²) in [5.74, 6) is 0.642. The summed E-state index contributed by atoms with van der Waals surface area (Å²) in [5.41, 5.74) is 3.06. The van der Waals surface area contributed by atoms with Crippen LogP contribution in [-0.2, 0) is 9.59 Å². The van der Waals surface area contributed by atoms with Crippen LogP contribution in [0.5, 0.6) is 11.5 Å². The molecule has 0 radical (unpaired) electrons. The number of para-hydroxylation sites is 1. The summed E-state index contributed by atoms with van der Waals surface area (Å²) >= 11 is 0. The first kappa shape index (κ1) is 17.3. The molecule has 3 aromatic heterocycles. The van der Waals surface area contributed by atoms with E-state index in [1.807, 2.05) is 30.3 Å². The molecule has 0 N–H and O–H groups in total. The van der Waals surface area contributed by atoms with Gasteiger partial charge in [0.1, 0.15) is 11.5 Å². The van der Waals surface area contributed by atoms with Crippen molar-refractivity contribution in [1.82, 2.24) is 15.0 Å². The highest BCUT2D eigenvalue weighted by Gasteiger charge is 2.12. The maximum Gasteiger partial charge on any atom is 0.298 e. The maximum absolute atomic E-state index is 10.9. The van der Waals surface area contributed by atoms with Crippen LogP contribution in [0.1, 0.15) is 0 Å². The van der Waals surface area contributed by atoms with Gasteiger partial charge >= 0.3 is 0 Å². The SMILES string of the molecule is O=COc1ccnc(-c2cc(OC=O)cc(-c3cccc4cccnc34)n2)c1. The summed E-state index contributed by atoms with van der Waals surface area (Å²) in [5, 5.41) is 0.963. The molecule has 0 unspecified atom stereocenters. The fraction of sp³-hybridized carbons (Fsp3) is 0. The van der Waals surface area contributed by atoms with E-state index < -0.39 is 0 Å².